The van der Waals surface area contributed by atoms with E-state index in [2.05, 4.69) is 5.32 Å². The number of nitro benzene ring substituents is 2. The van der Waals surface area contributed by atoms with Crippen molar-refractivity contribution >= 4 is 35.6 Å². The highest BCUT2D eigenvalue weighted by Crippen LogP contribution is 2.24. The van der Waals surface area contributed by atoms with Crippen LogP contribution in [-0.4, -0.2) is 87.3 Å². The molecule has 2 saturated heterocycles. The Kier molecular flexibility index (Phi) is 10.8. The van der Waals surface area contributed by atoms with Crippen molar-refractivity contribution < 1.29 is 48.0 Å². The second kappa shape index (κ2) is 14.7. The summed E-state index contributed by atoms with van der Waals surface area (Å²) in [5, 5.41) is 24.6. The standard InChI is InChI=1S/C30H35N5O12/c1-30(2,3)47-27(37)32-13-12-21(15-32)31-26(36)25-14-24(46-29(39)45-18-20-6-10-23(11-7-20)35(42)43)16-33(25)28(38)44-17-19-4-8-22(9-5-19)34(40)41/h4-11,21,24-25H,12-18H2,1-3H3,(H,31,36)/t21-,24+,25-/m0/s1. The van der Waals surface area contributed by atoms with Crippen molar-refractivity contribution in [2.45, 2.75) is 70.6 Å². The van der Waals surface area contributed by atoms with E-state index in [1.54, 1.807) is 20.8 Å². The first-order valence-corrected chi connectivity index (χ1v) is 14.7. The number of carbonyl (C=O) groups is 4. The third-order valence-electron chi connectivity index (χ3n) is 7.26. The summed E-state index contributed by atoms with van der Waals surface area (Å²) in [5.41, 5.74) is 0.0104. The Bertz CT molecular complexity index is 1490. The predicted molar refractivity (Wildman–Crippen MR) is 161 cm³/mol. The number of ether oxygens (including phenoxy) is 4. The fraction of sp³-hybridized carbons (Fsp3) is 0.467. The van der Waals surface area contributed by atoms with Gasteiger partial charge in [0.15, 0.2) is 0 Å². The molecule has 0 aliphatic carbocycles. The molecule has 0 bridgehead atoms. The van der Waals surface area contributed by atoms with Gasteiger partial charge in [-0.3, -0.25) is 29.9 Å². The van der Waals surface area contributed by atoms with Gasteiger partial charge in [0.05, 0.1) is 16.4 Å². The molecule has 2 aliphatic heterocycles. The van der Waals surface area contributed by atoms with Gasteiger partial charge in [-0.15, -0.1) is 0 Å². The molecule has 2 aromatic rings. The lowest BCUT2D eigenvalue weighted by molar-refractivity contribution is -0.385. The molecule has 0 aromatic heterocycles. The molecule has 3 amide bonds. The zero-order valence-electron chi connectivity index (χ0n) is 26.0. The Morgan fingerprint density at radius 3 is 1.94 bits per heavy atom. The largest absolute Gasteiger partial charge is 0.508 e. The Hall–Kier alpha value is -5.48. The summed E-state index contributed by atoms with van der Waals surface area (Å²) in [5.74, 6) is -0.543. The van der Waals surface area contributed by atoms with E-state index in [-0.39, 0.29) is 44.1 Å². The van der Waals surface area contributed by atoms with Gasteiger partial charge in [0.2, 0.25) is 5.91 Å². The summed E-state index contributed by atoms with van der Waals surface area (Å²) >= 11 is 0. The lowest BCUT2D eigenvalue weighted by Crippen LogP contribution is -2.49. The number of benzene rings is 2. The number of likely N-dealkylation sites (tertiary alicyclic amines) is 2. The van der Waals surface area contributed by atoms with Gasteiger partial charge in [-0.2, -0.15) is 0 Å². The monoisotopic (exact) mass is 657 g/mol. The number of nitrogens with one attached hydrogen (secondary N) is 1. The number of hydrogen-bond acceptors (Lipinski definition) is 12. The average molecular weight is 658 g/mol. The summed E-state index contributed by atoms with van der Waals surface area (Å²) in [6, 6.07) is 9.28. The fourth-order valence-electron chi connectivity index (χ4n) is 4.97. The molecule has 2 aromatic carbocycles. The maximum absolute atomic E-state index is 13.4. The molecule has 0 unspecified atom stereocenters. The molecule has 4 rings (SSSR count). The minimum absolute atomic E-state index is 0.0758. The van der Waals surface area contributed by atoms with E-state index in [1.165, 1.54) is 53.4 Å². The van der Waals surface area contributed by atoms with E-state index >= 15 is 0 Å². The topological polar surface area (TPSA) is 210 Å². The highest BCUT2D eigenvalue weighted by molar-refractivity contribution is 5.87. The maximum atomic E-state index is 13.4. The van der Waals surface area contributed by atoms with Crippen molar-refractivity contribution in [2.75, 3.05) is 19.6 Å². The molecule has 1 N–H and O–H groups in total. The number of nitrogens with zero attached hydrogens (tertiary/aromatic N) is 4. The Morgan fingerprint density at radius 1 is 0.851 bits per heavy atom. The second-order valence-electron chi connectivity index (χ2n) is 12.0. The van der Waals surface area contributed by atoms with Crippen LogP contribution in [0.25, 0.3) is 0 Å². The molecule has 252 valence electrons. The molecule has 2 fully saturated rings. The molecule has 17 nitrogen and oxygen atoms in total. The van der Waals surface area contributed by atoms with E-state index in [4.69, 9.17) is 18.9 Å². The smallest absolute Gasteiger partial charge is 0.445 e. The van der Waals surface area contributed by atoms with Crippen LogP contribution in [0.15, 0.2) is 48.5 Å². The minimum Gasteiger partial charge on any atom is -0.445 e. The number of amides is 3. The first kappa shape index (κ1) is 34.4. The van der Waals surface area contributed by atoms with E-state index in [1.807, 2.05) is 0 Å². The van der Waals surface area contributed by atoms with Crippen molar-refractivity contribution in [3.05, 3.63) is 79.9 Å². The number of rotatable bonds is 9. The number of carbonyl (C=O) groups excluding carboxylic acids is 4. The van der Waals surface area contributed by atoms with Gasteiger partial charge >= 0.3 is 18.3 Å². The molecule has 17 heteroatoms. The first-order chi connectivity index (χ1) is 22.2. The second-order valence-corrected chi connectivity index (χ2v) is 12.0. The molecule has 2 aliphatic rings. The third-order valence-corrected chi connectivity index (χ3v) is 7.26. The average Bonchev–Trinajstić information content (AvgIpc) is 3.66. The van der Waals surface area contributed by atoms with Crippen LogP contribution in [0.4, 0.5) is 25.8 Å². The molecule has 0 spiro atoms. The van der Waals surface area contributed by atoms with Crippen molar-refractivity contribution in [3.8, 4) is 0 Å². The fourth-order valence-corrected chi connectivity index (χ4v) is 4.97. The molecule has 0 saturated carbocycles. The van der Waals surface area contributed by atoms with Gasteiger partial charge in [-0.25, -0.2) is 14.4 Å². The summed E-state index contributed by atoms with van der Waals surface area (Å²) in [6.07, 6.45) is -3.02. The summed E-state index contributed by atoms with van der Waals surface area (Å²) in [6.45, 7) is 5.14. The number of hydrogen-bond donors (Lipinski definition) is 1. The van der Waals surface area contributed by atoms with Crippen molar-refractivity contribution in [1.29, 1.82) is 0 Å². The highest BCUT2D eigenvalue weighted by Gasteiger charge is 2.43. The van der Waals surface area contributed by atoms with E-state index in [0.717, 1.165) is 4.90 Å². The van der Waals surface area contributed by atoms with E-state index in [0.29, 0.717) is 24.1 Å². The molecule has 3 atom stereocenters. The Labute approximate surface area is 269 Å². The van der Waals surface area contributed by atoms with Gasteiger partial charge in [-0.05, 0) is 62.6 Å². The number of non-ortho nitro benzene ring substituents is 2. The van der Waals surface area contributed by atoms with Crippen LogP contribution < -0.4 is 5.32 Å². The quantitative estimate of drug-likeness (QED) is 0.175. The first-order valence-electron chi connectivity index (χ1n) is 14.7. The van der Waals surface area contributed by atoms with Crippen LogP contribution in [0, 0.1) is 20.2 Å². The lowest BCUT2D eigenvalue weighted by atomic mass is 10.1. The zero-order chi connectivity index (χ0) is 34.3. The van der Waals surface area contributed by atoms with Gasteiger partial charge in [0, 0.05) is 49.8 Å². The van der Waals surface area contributed by atoms with Crippen molar-refractivity contribution in [1.82, 2.24) is 15.1 Å². The van der Waals surface area contributed by atoms with Crippen LogP contribution in [0.5, 0.6) is 0 Å². The normalized spacial score (nSPS) is 19.1. The SMILES string of the molecule is CC(C)(C)OC(=O)N1CC[C@H](NC(=O)[C@@H]2C[C@@H](OC(=O)OCc3ccc([N+](=O)[O-])cc3)CN2C(=O)OCc2ccc([N+](=O)[O-])cc2)C1. The molecular weight excluding hydrogens is 622 g/mol. The number of nitro groups is 2. The molecule has 2 heterocycles. The molecular formula is C30H35N5O12. The van der Waals surface area contributed by atoms with Gasteiger partial charge < -0.3 is 29.2 Å². The Balaban J connectivity index is 1.37. The van der Waals surface area contributed by atoms with Gasteiger partial charge in [0.25, 0.3) is 11.4 Å². The maximum Gasteiger partial charge on any atom is 0.508 e. The van der Waals surface area contributed by atoms with Crippen LogP contribution >= 0.6 is 0 Å². The molecule has 47 heavy (non-hydrogen) atoms. The van der Waals surface area contributed by atoms with Crippen LogP contribution in [0.1, 0.15) is 44.7 Å². The highest BCUT2D eigenvalue weighted by atomic mass is 16.7. The molecule has 0 radical (unpaired) electrons. The van der Waals surface area contributed by atoms with E-state index in [9.17, 15) is 39.4 Å². The third kappa shape index (κ3) is 9.75. The van der Waals surface area contributed by atoms with Crippen LogP contribution in [0.3, 0.4) is 0 Å². The summed E-state index contributed by atoms with van der Waals surface area (Å²) in [7, 11) is 0. The van der Waals surface area contributed by atoms with Gasteiger partial charge in [0.1, 0.15) is 31.0 Å². The van der Waals surface area contributed by atoms with E-state index < -0.39 is 57.9 Å². The van der Waals surface area contributed by atoms with Crippen LogP contribution in [-0.2, 0) is 37.0 Å². The lowest BCUT2D eigenvalue weighted by Gasteiger charge is -2.25. The zero-order valence-corrected chi connectivity index (χ0v) is 26.0. The van der Waals surface area contributed by atoms with Crippen molar-refractivity contribution in [3.63, 3.8) is 0 Å². The predicted octanol–water partition coefficient (Wildman–Crippen LogP) is 4.06. The minimum atomic E-state index is -1.09. The summed E-state index contributed by atoms with van der Waals surface area (Å²) in [4.78, 5) is 74.8. The van der Waals surface area contributed by atoms with Gasteiger partial charge in [-0.1, -0.05) is 0 Å². The Morgan fingerprint density at radius 2 is 1.40 bits per heavy atom. The summed E-state index contributed by atoms with van der Waals surface area (Å²) < 4.78 is 21.3. The van der Waals surface area contributed by atoms with Crippen molar-refractivity contribution in [2.24, 2.45) is 0 Å². The van der Waals surface area contributed by atoms with Crippen LogP contribution in [0.2, 0.25) is 0 Å².